The number of carbonyl (C=O) groups excluding carboxylic acids is 1. The Balaban J connectivity index is 2.44. The van der Waals surface area contributed by atoms with Gasteiger partial charge in [-0.1, -0.05) is 20.3 Å². The van der Waals surface area contributed by atoms with E-state index in [1.807, 2.05) is 6.92 Å². The van der Waals surface area contributed by atoms with Crippen LogP contribution >= 0.6 is 0 Å². The second-order valence-electron chi connectivity index (χ2n) is 4.81. The highest BCUT2D eigenvalue weighted by molar-refractivity contribution is 5.86. The number of aliphatic carboxylic acids is 1. The van der Waals surface area contributed by atoms with E-state index in [0.717, 1.165) is 6.42 Å². The number of carbonyl (C=O) groups is 2. The van der Waals surface area contributed by atoms with E-state index in [4.69, 9.17) is 5.11 Å². The lowest BCUT2D eigenvalue weighted by molar-refractivity contribution is -0.153. The Kier molecular flexibility index (Phi) is 4.33. The van der Waals surface area contributed by atoms with Gasteiger partial charge in [0, 0.05) is 6.04 Å². The van der Waals surface area contributed by atoms with Crippen LogP contribution in [0, 0.1) is 17.8 Å². The quantitative estimate of drug-likeness (QED) is 0.750. The van der Waals surface area contributed by atoms with Gasteiger partial charge in [-0.25, -0.2) is 0 Å². The first-order valence-electron chi connectivity index (χ1n) is 6.00. The van der Waals surface area contributed by atoms with Gasteiger partial charge in [-0.3, -0.25) is 9.59 Å². The molecule has 2 N–H and O–H groups in total. The zero-order chi connectivity index (χ0) is 12.3. The molecule has 0 aliphatic heterocycles. The third-order valence-corrected chi connectivity index (χ3v) is 3.80. The van der Waals surface area contributed by atoms with E-state index >= 15 is 0 Å². The maximum Gasteiger partial charge on any atom is 0.307 e. The normalized spacial score (nSPS) is 27.7. The lowest BCUT2D eigenvalue weighted by Crippen LogP contribution is -2.47. The molecule has 0 saturated heterocycles. The highest BCUT2D eigenvalue weighted by atomic mass is 16.4. The average molecular weight is 227 g/mol. The summed E-state index contributed by atoms with van der Waals surface area (Å²) in [4.78, 5) is 22.6. The summed E-state index contributed by atoms with van der Waals surface area (Å²) < 4.78 is 0. The average Bonchev–Trinajstić information content (AvgIpc) is 2.13. The van der Waals surface area contributed by atoms with E-state index in [1.165, 1.54) is 0 Å². The van der Waals surface area contributed by atoms with Gasteiger partial charge < -0.3 is 10.4 Å². The van der Waals surface area contributed by atoms with Crippen LogP contribution in [-0.2, 0) is 9.59 Å². The molecule has 1 aliphatic rings. The molecule has 1 fully saturated rings. The molecule has 4 heteroatoms. The maximum absolute atomic E-state index is 11.8. The van der Waals surface area contributed by atoms with Gasteiger partial charge in [0.2, 0.25) is 5.91 Å². The largest absolute Gasteiger partial charge is 0.481 e. The van der Waals surface area contributed by atoms with E-state index in [1.54, 1.807) is 0 Å². The summed E-state index contributed by atoms with van der Waals surface area (Å²) in [5.41, 5.74) is 0. The molecule has 1 aliphatic carbocycles. The summed E-state index contributed by atoms with van der Waals surface area (Å²) in [5, 5.41) is 11.8. The summed E-state index contributed by atoms with van der Waals surface area (Å²) in [6.07, 6.45) is 2.34. The minimum atomic E-state index is -0.845. The molecule has 0 aromatic heterocycles. The second kappa shape index (κ2) is 5.32. The van der Waals surface area contributed by atoms with Crippen molar-refractivity contribution in [2.45, 2.75) is 46.1 Å². The molecule has 0 heterocycles. The van der Waals surface area contributed by atoms with E-state index < -0.39 is 11.9 Å². The highest BCUT2D eigenvalue weighted by Gasteiger charge is 2.41. The van der Waals surface area contributed by atoms with Gasteiger partial charge in [-0.2, -0.15) is 0 Å². The van der Waals surface area contributed by atoms with Crippen molar-refractivity contribution < 1.29 is 14.7 Å². The third-order valence-electron chi connectivity index (χ3n) is 3.80. The van der Waals surface area contributed by atoms with Gasteiger partial charge in [0.1, 0.15) is 0 Å². The maximum atomic E-state index is 11.8. The fourth-order valence-electron chi connectivity index (χ4n) is 1.94. The van der Waals surface area contributed by atoms with Crippen molar-refractivity contribution in [1.82, 2.24) is 5.32 Å². The summed E-state index contributed by atoms with van der Waals surface area (Å²) >= 11 is 0. The minimum Gasteiger partial charge on any atom is -0.481 e. The Bertz CT molecular complexity index is 277. The smallest absolute Gasteiger partial charge is 0.307 e. The Morgan fingerprint density at radius 3 is 2.25 bits per heavy atom. The van der Waals surface area contributed by atoms with Crippen LogP contribution in [0.2, 0.25) is 0 Å². The van der Waals surface area contributed by atoms with E-state index in [2.05, 4.69) is 19.2 Å². The number of amides is 1. The van der Waals surface area contributed by atoms with Crippen molar-refractivity contribution in [3.8, 4) is 0 Å². The molecule has 0 aromatic rings. The SMILES string of the molecule is CCC(C)C(C)NC(=O)C1CCC1C(=O)O. The van der Waals surface area contributed by atoms with E-state index in [9.17, 15) is 9.59 Å². The lowest BCUT2D eigenvalue weighted by atomic mass is 9.73. The topological polar surface area (TPSA) is 66.4 Å². The molecular formula is C12H21NO3. The standard InChI is InChI=1S/C12H21NO3/c1-4-7(2)8(3)13-11(14)9-5-6-10(9)12(15)16/h7-10H,4-6H2,1-3H3,(H,13,14)(H,15,16). The molecule has 0 bridgehead atoms. The van der Waals surface area contributed by atoms with Crippen molar-refractivity contribution in [2.24, 2.45) is 17.8 Å². The summed E-state index contributed by atoms with van der Waals surface area (Å²) in [5.74, 6) is -1.30. The van der Waals surface area contributed by atoms with Crippen LogP contribution in [0.3, 0.4) is 0 Å². The number of nitrogens with one attached hydrogen (secondary N) is 1. The molecule has 1 rings (SSSR count). The molecule has 1 amide bonds. The molecular weight excluding hydrogens is 206 g/mol. The molecule has 0 spiro atoms. The Morgan fingerprint density at radius 2 is 1.88 bits per heavy atom. The molecule has 92 valence electrons. The first-order chi connectivity index (χ1) is 7.47. The predicted molar refractivity (Wildman–Crippen MR) is 60.9 cm³/mol. The molecule has 16 heavy (non-hydrogen) atoms. The fraction of sp³-hybridized carbons (Fsp3) is 0.833. The van der Waals surface area contributed by atoms with Crippen LogP contribution in [0.5, 0.6) is 0 Å². The molecule has 1 saturated carbocycles. The molecule has 0 radical (unpaired) electrons. The Hall–Kier alpha value is -1.06. The number of carboxylic acids is 1. The molecule has 0 aromatic carbocycles. The van der Waals surface area contributed by atoms with Crippen molar-refractivity contribution >= 4 is 11.9 Å². The monoisotopic (exact) mass is 227 g/mol. The Morgan fingerprint density at radius 1 is 1.31 bits per heavy atom. The molecule has 4 atom stereocenters. The minimum absolute atomic E-state index is 0.0912. The van der Waals surface area contributed by atoms with E-state index in [0.29, 0.717) is 18.8 Å². The second-order valence-corrected chi connectivity index (χ2v) is 4.81. The van der Waals surface area contributed by atoms with Gasteiger partial charge in [0.05, 0.1) is 11.8 Å². The van der Waals surface area contributed by atoms with Crippen LogP contribution < -0.4 is 5.32 Å². The van der Waals surface area contributed by atoms with Gasteiger partial charge >= 0.3 is 5.97 Å². The van der Waals surface area contributed by atoms with E-state index in [-0.39, 0.29) is 17.9 Å². The third kappa shape index (κ3) is 2.74. The van der Waals surface area contributed by atoms with Crippen LogP contribution in [0.4, 0.5) is 0 Å². The van der Waals surface area contributed by atoms with Crippen molar-refractivity contribution in [3.63, 3.8) is 0 Å². The van der Waals surface area contributed by atoms with Crippen LogP contribution in [0.1, 0.15) is 40.0 Å². The highest BCUT2D eigenvalue weighted by Crippen LogP contribution is 2.34. The lowest BCUT2D eigenvalue weighted by Gasteiger charge is -2.33. The van der Waals surface area contributed by atoms with Gasteiger partial charge in [-0.15, -0.1) is 0 Å². The van der Waals surface area contributed by atoms with Crippen molar-refractivity contribution in [3.05, 3.63) is 0 Å². The van der Waals surface area contributed by atoms with Gasteiger partial charge in [0.15, 0.2) is 0 Å². The van der Waals surface area contributed by atoms with Gasteiger partial charge in [0.25, 0.3) is 0 Å². The van der Waals surface area contributed by atoms with Crippen LogP contribution in [0.15, 0.2) is 0 Å². The first-order valence-corrected chi connectivity index (χ1v) is 6.00. The zero-order valence-corrected chi connectivity index (χ0v) is 10.2. The van der Waals surface area contributed by atoms with Crippen molar-refractivity contribution in [1.29, 1.82) is 0 Å². The molecule has 4 unspecified atom stereocenters. The predicted octanol–water partition coefficient (Wildman–Crippen LogP) is 1.65. The first kappa shape index (κ1) is 13.0. The number of hydrogen-bond acceptors (Lipinski definition) is 2. The Labute approximate surface area is 96.4 Å². The van der Waals surface area contributed by atoms with Crippen LogP contribution in [-0.4, -0.2) is 23.0 Å². The van der Waals surface area contributed by atoms with Gasteiger partial charge in [-0.05, 0) is 25.7 Å². The number of hydrogen-bond donors (Lipinski definition) is 2. The number of carboxylic acid groups (broad SMARTS) is 1. The fourth-order valence-corrected chi connectivity index (χ4v) is 1.94. The van der Waals surface area contributed by atoms with Crippen LogP contribution in [0.25, 0.3) is 0 Å². The molecule has 4 nitrogen and oxygen atoms in total. The summed E-state index contributed by atoms with van der Waals surface area (Å²) in [6.45, 7) is 6.14. The van der Waals surface area contributed by atoms with Crippen molar-refractivity contribution in [2.75, 3.05) is 0 Å². The summed E-state index contributed by atoms with van der Waals surface area (Å²) in [6, 6.07) is 0.118. The number of rotatable bonds is 5. The zero-order valence-electron chi connectivity index (χ0n) is 10.2. The summed E-state index contributed by atoms with van der Waals surface area (Å²) in [7, 11) is 0.